The van der Waals surface area contributed by atoms with Crippen LogP contribution >= 0.6 is 0 Å². The molecule has 0 amide bonds. The first kappa shape index (κ1) is 25.6. The maximum absolute atomic E-state index is 11.5. The van der Waals surface area contributed by atoms with Crippen molar-refractivity contribution in [2.75, 3.05) is 0 Å². The Hall–Kier alpha value is -1.35. The highest BCUT2D eigenvalue weighted by molar-refractivity contribution is 5.88. The largest absolute Gasteiger partial charge is 0.373 e. The van der Waals surface area contributed by atoms with Crippen LogP contribution in [0, 0.1) is 0 Å². The van der Waals surface area contributed by atoms with Crippen molar-refractivity contribution in [2.45, 2.75) is 111 Å². The molecule has 3 nitrogen and oxygen atoms in total. The topological polar surface area (TPSA) is 35.5 Å². The van der Waals surface area contributed by atoms with Crippen LogP contribution in [0.2, 0.25) is 0 Å². The van der Waals surface area contributed by atoms with E-state index in [1.807, 2.05) is 26.8 Å². The second-order valence-corrected chi connectivity index (χ2v) is 7.76. The van der Waals surface area contributed by atoms with Crippen molar-refractivity contribution in [1.82, 2.24) is 0 Å². The summed E-state index contributed by atoms with van der Waals surface area (Å²) in [6, 6.07) is 8.77. The first-order chi connectivity index (χ1) is 13.0. The first-order valence-corrected chi connectivity index (χ1v) is 10.9. The first-order valence-electron chi connectivity index (χ1n) is 10.9. The summed E-state index contributed by atoms with van der Waals surface area (Å²) in [6.07, 6.45) is 15.2. The Morgan fingerprint density at radius 2 is 1.22 bits per heavy atom. The molecule has 0 bridgehead atoms. The molecule has 0 heterocycles. The van der Waals surface area contributed by atoms with E-state index in [1.165, 1.54) is 64.2 Å². The SMILES string of the molecule is CCC(C)(C)OOC(=O)c1ccccc1.CCCCCCCCCCCC. The van der Waals surface area contributed by atoms with E-state index < -0.39 is 11.6 Å². The molecule has 0 saturated carbocycles. The Balaban J connectivity index is 0.000000516. The fourth-order valence-corrected chi connectivity index (χ4v) is 2.39. The monoisotopic (exact) mass is 378 g/mol. The van der Waals surface area contributed by atoms with E-state index in [2.05, 4.69) is 13.8 Å². The number of hydrogen-bond donors (Lipinski definition) is 0. The Kier molecular flexibility index (Phi) is 16.0. The molecule has 3 heteroatoms. The minimum atomic E-state index is -0.461. The fourth-order valence-electron chi connectivity index (χ4n) is 2.39. The summed E-state index contributed by atoms with van der Waals surface area (Å²) < 4.78 is 0. The highest BCUT2D eigenvalue weighted by Crippen LogP contribution is 2.15. The van der Waals surface area contributed by atoms with Gasteiger partial charge in [-0.25, -0.2) is 4.79 Å². The summed E-state index contributed by atoms with van der Waals surface area (Å²) in [5.74, 6) is -0.461. The molecule has 0 N–H and O–H groups in total. The number of carbonyl (C=O) groups excluding carboxylic acids is 1. The van der Waals surface area contributed by atoms with Crippen molar-refractivity contribution in [1.29, 1.82) is 0 Å². The van der Waals surface area contributed by atoms with Gasteiger partial charge in [0.25, 0.3) is 0 Å². The highest BCUT2D eigenvalue weighted by Gasteiger charge is 2.20. The van der Waals surface area contributed by atoms with Crippen molar-refractivity contribution in [2.24, 2.45) is 0 Å². The molecule has 1 rings (SSSR count). The molecule has 156 valence electrons. The van der Waals surface area contributed by atoms with Crippen LogP contribution in [0.1, 0.15) is 116 Å². The summed E-state index contributed by atoms with van der Waals surface area (Å²) >= 11 is 0. The molecule has 0 atom stereocenters. The van der Waals surface area contributed by atoms with E-state index in [-0.39, 0.29) is 0 Å². The highest BCUT2D eigenvalue weighted by atomic mass is 17.2. The quantitative estimate of drug-likeness (QED) is 0.199. The molecule has 0 aliphatic heterocycles. The molecule has 0 fully saturated rings. The van der Waals surface area contributed by atoms with Crippen LogP contribution in [0.5, 0.6) is 0 Å². The van der Waals surface area contributed by atoms with Crippen molar-refractivity contribution in [3.8, 4) is 0 Å². The maximum Gasteiger partial charge on any atom is 0.373 e. The Morgan fingerprint density at radius 1 is 0.778 bits per heavy atom. The van der Waals surface area contributed by atoms with Crippen LogP contribution in [0.25, 0.3) is 0 Å². The van der Waals surface area contributed by atoms with Crippen molar-refractivity contribution in [3.05, 3.63) is 35.9 Å². The molecule has 27 heavy (non-hydrogen) atoms. The molecule has 1 aromatic rings. The molecule has 0 spiro atoms. The third-order valence-corrected chi connectivity index (χ3v) is 4.66. The third-order valence-electron chi connectivity index (χ3n) is 4.66. The summed E-state index contributed by atoms with van der Waals surface area (Å²) in [5, 5.41) is 0. The second-order valence-electron chi connectivity index (χ2n) is 7.76. The van der Waals surface area contributed by atoms with Gasteiger partial charge in [0.1, 0.15) is 5.60 Å². The van der Waals surface area contributed by atoms with E-state index in [1.54, 1.807) is 24.3 Å². The van der Waals surface area contributed by atoms with Crippen molar-refractivity contribution >= 4 is 5.97 Å². The van der Waals surface area contributed by atoms with E-state index in [0.29, 0.717) is 5.56 Å². The molecule has 0 aromatic heterocycles. The molecule has 0 aliphatic carbocycles. The van der Waals surface area contributed by atoms with Gasteiger partial charge in [-0.2, -0.15) is 4.89 Å². The van der Waals surface area contributed by atoms with Gasteiger partial charge in [0.05, 0.1) is 5.56 Å². The molecule has 0 radical (unpaired) electrons. The number of unbranched alkanes of at least 4 members (excludes halogenated alkanes) is 9. The van der Waals surface area contributed by atoms with Gasteiger partial charge in [-0.15, -0.1) is 0 Å². The van der Waals surface area contributed by atoms with E-state index in [0.717, 1.165) is 6.42 Å². The van der Waals surface area contributed by atoms with Gasteiger partial charge < -0.3 is 0 Å². The fraction of sp³-hybridized carbons (Fsp3) is 0.708. The summed E-state index contributed by atoms with van der Waals surface area (Å²) in [6.45, 7) is 10.3. The number of hydrogen-bond acceptors (Lipinski definition) is 3. The zero-order valence-electron chi connectivity index (χ0n) is 18.4. The normalized spacial score (nSPS) is 10.9. The number of carbonyl (C=O) groups is 1. The average Bonchev–Trinajstić information content (AvgIpc) is 2.69. The Bertz CT molecular complexity index is 444. The smallest absolute Gasteiger partial charge is 0.292 e. The van der Waals surface area contributed by atoms with Crippen LogP contribution in [0.15, 0.2) is 30.3 Å². The van der Waals surface area contributed by atoms with Crippen LogP contribution in [-0.4, -0.2) is 11.6 Å². The lowest BCUT2D eigenvalue weighted by Crippen LogP contribution is -2.25. The Morgan fingerprint density at radius 3 is 1.63 bits per heavy atom. The predicted octanol–water partition coefficient (Wildman–Crippen LogP) is 7.89. The Labute approximate surface area is 167 Å². The van der Waals surface area contributed by atoms with Gasteiger partial charge in [-0.3, -0.25) is 4.89 Å². The standard InChI is InChI=1S/C12H16O3.C12H26/c1-4-12(2,3)15-14-11(13)10-8-6-5-7-9-10;1-3-5-7-9-11-12-10-8-6-4-2/h5-9H,4H2,1-3H3;3-12H2,1-2H3. The van der Waals surface area contributed by atoms with Crippen LogP contribution in [0.3, 0.4) is 0 Å². The van der Waals surface area contributed by atoms with Gasteiger partial charge in [0, 0.05) is 0 Å². The van der Waals surface area contributed by atoms with E-state index in [9.17, 15) is 4.79 Å². The molecule has 0 saturated heterocycles. The summed E-state index contributed by atoms with van der Waals surface area (Å²) in [7, 11) is 0. The van der Waals surface area contributed by atoms with Crippen LogP contribution < -0.4 is 0 Å². The van der Waals surface area contributed by atoms with Gasteiger partial charge in [-0.1, -0.05) is 103 Å². The zero-order valence-corrected chi connectivity index (χ0v) is 18.4. The summed E-state index contributed by atoms with van der Waals surface area (Å²) in [4.78, 5) is 21.3. The van der Waals surface area contributed by atoms with Crippen LogP contribution in [0.4, 0.5) is 0 Å². The second kappa shape index (κ2) is 16.8. The minimum absolute atomic E-state index is 0.440. The lowest BCUT2D eigenvalue weighted by molar-refractivity contribution is -0.307. The van der Waals surface area contributed by atoms with Gasteiger partial charge in [0.2, 0.25) is 0 Å². The van der Waals surface area contributed by atoms with E-state index >= 15 is 0 Å². The number of rotatable bonds is 13. The van der Waals surface area contributed by atoms with Crippen molar-refractivity contribution in [3.63, 3.8) is 0 Å². The van der Waals surface area contributed by atoms with Crippen LogP contribution in [-0.2, 0) is 9.78 Å². The maximum atomic E-state index is 11.5. The molecule has 0 aliphatic rings. The molecule has 0 unspecified atom stereocenters. The van der Waals surface area contributed by atoms with Crippen molar-refractivity contribution < 1.29 is 14.6 Å². The minimum Gasteiger partial charge on any atom is -0.292 e. The molecular weight excluding hydrogens is 336 g/mol. The van der Waals surface area contributed by atoms with Gasteiger partial charge in [0.15, 0.2) is 0 Å². The molecular formula is C24H42O3. The average molecular weight is 379 g/mol. The zero-order chi connectivity index (χ0) is 20.4. The van der Waals surface area contributed by atoms with E-state index in [4.69, 9.17) is 9.78 Å². The lowest BCUT2D eigenvalue weighted by Gasteiger charge is -2.20. The van der Waals surface area contributed by atoms with Gasteiger partial charge in [-0.05, 0) is 32.4 Å². The third kappa shape index (κ3) is 15.4. The molecule has 1 aromatic carbocycles. The number of benzene rings is 1. The summed E-state index contributed by atoms with van der Waals surface area (Å²) in [5.41, 5.74) is 0.0501. The predicted molar refractivity (Wildman–Crippen MR) is 115 cm³/mol. The lowest BCUT2D eigenvalue weighted by atomic mass is 10.1. The van der Waals surface area contributed by atoms with Gasteiger partial charge >= 0.3 is 5.97 Å².